The Morgan fingerprint density at radius 3 is 2.53 bits per heavy atom. The molecule has 0 aromatic heterocycles. The molecule has 0 radical (unpaired) electrons. The molecule has 3 nitrogen and oxygen atoms in total. The van der Waals surface area contributed by atoms with Gasteiger partial charge in [-0.1, -0.05) is 36.4 Å². The molecule has 0 amide bonds. The Labute approximate surface area is 106 Å². The van der Waals surface area contributed by atoms with Gasteiger partial charge in [0.1, 0.15) is 11.8 Å². The van der Waals surface area contributed by atoms with Gasteiger partial charge >= 0.3 is 5.97 Å². The fourth-order valence-corrected chi connectivity index (χ4v) is 1.49. The zero-order chi connectivity index (χ0) is 11.5. The van der Waals surface area contributed by atoms with Gasteiger partial charge in [0, 0.05) is 5.39 Å². The second-order valence-electron chi connectivity index (χ2n) is 3.69. The molecule has 0 aliphatic heterocycles. The van der Waals surface area contributed by atoms with Gasteiger partial charge in [0.25, 0.3) is 0 Å². The molecule has 17 heavy (non-hydrogen) atoms. The molecule has 0 spiro atoms. The molecule has 1 atom stereocenters. The quantitative estimate of drug-likeness (QED) is 0.659. The van der Waals surface area contributed by atoms with Crippen LogP contribution in [0.3, 0.4) is 0 Å². The minimum absolute atomic E-state index is 0. The van der Waals surface area contributed by atoms with E-state index >= 15 is 0 Å². The summed E-state index contributed by atoms with van der Waals surface area (Å²) in [6.07, 6.45) is 0. The highest BCUT2D eigenvalue weighted by Gasteiger charge is 2.11. The van der Waals surface area contributed by atoms with Crippen LogP contribution in [-0.2, 0) is 4.79 Å². The van der Waals surface area contributed by atoms with Crippen molar-refractivity contribution in [1.82, 2.24) is 0 Å². The van der Waals surface area contributed by atoms with Gasteiger partial charge in [-0.15, -0.1) is 12.4 Å². The number of esters is 1. The van der Waals surface area contributed by atoms with Crippen LogP contribution in [0.4, 0.5) is 0 Å². The van der Waals surface area contributed by atoms with Crippen molar-refractivity contribution in [2.24, 2.45) is 5.73 Å². The lowest BCUT2D eigenvalue weighted by Gasteiger charge is -2.09. The maximum atomic E-state index is 11.4. The van der Waals surface area contributed by atoms with Crippen molar-refractivity contribution in [3.8, 4) is 5.75 Å². The first-order valence-corrected chi connectivity index (χ1v) is 5.13. The summed E-state index contributed by atoms with van der Waals surface area (Å²) in [6, 6.07) is 12.7. The van der Waals surface area contributed by atoms with Gasteiger partial charge in [-0.3, -0.25) is 0 Å². The second kappa shape index (κ2) is 5.66. The molecule has 90 valence electrons. The van der Waals surface area contributed by atoms with E-state index in [0.717, 1.165) is 10.8 Å². The number of nitrogens with two attached hydrogens (primary N) is 1. The highest BCUT2D eigenvalue weighted by molar-refractivity contribution is 5.91. The standard InChI is InChI=1S/C13H13NO2.ClH/c1-9(14)13(15)16-12-8-4-6-10-5-2-3-7-11(10)12;/h2-9H,14H2,1H3;1H/t9-;/m1./s1. The van der Waals surface area contributed by atoms with Crippen LogP contribution in [-0.4, -0.2) is 12.0 Å². The van der Waals surface area contributed by atoms with E-state index in [0.29, 0.717) is 5.75 Å². The van der Waals surface area contributed by atoms with E-state index in [1.807, 2.05) is 36.4 Å². The monoisotopic (exact) mass is 251 g/mol. The van der Waals surface area contributed by atoms with Crippen molar-refractivity contribution < 1.29 is 9.53 Å². The van der Waals surface area contributed by atoms with E-state index in [1.165, 1.54) is 0 Å². The third-order valence-corrected chi connectivity index (χ3v) is 2.33. The molecule has 2 rings (SSSR count). The summed E-state index contributed by atoms with van der Waals surface area (Å²) in [6.45, 7) is 1.60. The Hall–Kier alpha value is -1.58. The number of benzene rings is 2. The number of carbonyl (C=O) groups is 1. The number of hydrogen-bond acceptors (Lipinski definition) is 3. The number of halogens is 1. The van der Waals surface area contributed by atoms with Crippen molar-refractivity contribution in [3.05, 3.63) is 42.5 Å². The molecular weight excluding hydrogens is 238 g/mol. The fourth-order valence-electron chi connectivity index (χ4n) is 1.49. The Morgan fingerprint density at radius 1 is 1.18 bits per heavy atom. The first kappa shape index (κ1) is 13.5. The maximum absolute atomic E-state index is 11.4. The highest BCUT2D eigenvalue weighted by atomic mass is 35.5. The predicted molar refractivity (Wildman–Crippen MR) is 70.5 cm³/mol. The number of rotatable bonds is 2. The van der Waals surface area contributed by atoms with E-state index in [9.17, 15) is 4.79 Å². The summed E-state index contributed by atoms with van der Waals surface area (Å²) in [5, 5.41) is 1.96. The summed E-state index contributed by atoms with van der Waals surface area (Å²) >= 11 is 0. The van der Waals surface area contributed by atoms with Crippen LogP contribution >= 0.6 is 12.4 Å². The van der Waals surface area contributed by atoms with Gasteiger partial charge in [-0.05, 0) is 18.4 Å². The Balaban J connectivity index is 0.00000144. The Kier molecular flexibility index (Phi) is 4.49. The minimum Gasteiger partial charge on any atom is -0.425 e. The molecule has 2 N–H and O–H groups in total. The van der Waals surface area contributed by atoms with Crippen LogP contribution in [0, 0.1) is 0 Å². The van der Waals surface area contributed by atoms with Crippen LogP contribution < -0.4 is 10.5 Å². The Morgan fingerprint density at radius 2 is 1.82 bits per heavy atom. The van der Waals surface area contributed by atoms with Gasteiger partial charge in [0.15, 0.2) is 0 Å². The number of ether oxygens (including phenoxy) is 1. The summed E-state index contributed by atoms with van der Waals surface area (Å²) in [4.78, 5) is 11.4. The fraction of sp³-hybridized carbons (Fsp3) is 0.154. The first-order chi connectivity index (χ1) is 7.68. The van der Waals surface area contributed by atoms with Gasteiger partial charge in [0.05, 0.1) is 0 Å². The molecule has 4 heteroatoms. The lowest BCUT2D eigenvalue weighted by molar-refractivity contribution is -0.135. The SMILES string of the molecule is C[C@@H](N)C(=O)Oc1cccc2ccccc12.Cl. The molecule has 2 aromatic carbocycles. The molecule has 0 aliphatic carbocycles. The molecule has 0 unspecified atom stereocenters. The zero-order valence-corrected chi connectivity index (χ0v) is 10.2. The lowest BCUT2D eigenvalue weighted by Crippen LogP contribution is -2.30. The lowest BCUT2D eigenvalue weighted by atomic mass is 10.1. The molecule has 0 fully saturated rings. The third-order valence-electron chi connectivity index (χ3n) is 2.33. The molecule has 2 aromatic rings. The zero-order valence-electron chi connectivity index (χ0n) is 9.42. The highest BCUT2D eigenvalue weighted by Crippen LogP contribution is 2.25. The predicted octanol–water partition coefficient (Wildman–Crippen LogP) is 2.51. The molecule has 0 saturated heterocycles. The van der Waals surface area contributed by atoms with Gasteiger partial charge in [0.2, 0.25) is 0 Å². The van der Waals surface area contributed by atoms with Crippen molar-refractivity contribution >= 4 is 29.1 Å². The smallest absolute Gasteiger partial charge is 0.328 e. The largest absolute Gasteiger partial charge is 0.425 e. The van der Waals surface area contributed by atoms with E-state index in [4.69, 9.17) is 10.5 Å². The van der Waals surface area contributed by atoms with Crippen LogP contribution in [0.5, 0.6) is 5.75 Å². The van der Waals surface area contributed by atoms with Crippen molar-refractivity contribution in [2.45, 2.75) is 13.0 Å². The molecule has 0 heterocycles. The topological polar surface area (TPSA) is 52.3 Å². The summed E-state index contributed by atoms with van der Waals surface area (Å²) < 4.78 is 5.23. The van der Waals surface area contributed by atoms with Crippen molar-refractivity contribution in [1.29, 1.82) is 0 Å². The van der Waals surface area contributed by atoms with E-state index in [2.05, 4.69) is 0 Å². The number of carbonyl (C=O) groups excluding carboxylic acids is 1. The Bertz CT molecular complexity index is 520. The normalized spacial score (nSPS) is 11.6. The molecular formula is C13H14ClNO2. The molecule has 0 saturated carbocycles. The molecule has 0 aliphatic rings. The van der Waals surface area contributed by atoms with E-state index in [-0.39, 0.29) is 12.4 Å². The van der Waals surface area contributed by atoms with Crippen LogP contribution in [0.25, 0.3) is 10.8 Å². The van der Waals surface area contributed by atoms with Crippen molar-refractivity contribution in [3.63, 3.8) is 0 Å². The third kappa shape index (κ3) is 2.96. The second-order valence-corrected chi connectivity index (χ2v) is 3.69. The summed E-state index contributed by atoms with van der Waals surface area (Å²) in [5.41, 5.74) is 5.45. The van der Waals surface area contributed by atoms with E-state index in [1.54, 1.807) is 13.0 Å². The van der Waals surface area contributed by atoms with Gasteiger partial charge in [-0.25, -0.2) is 4.79 Å². The van der Waals surface area contributed by atoms with Crippen LogP contribution in [0.15, 0.2) is 42.5 Å². The van der Waals surface area contributed by atoms with Crippen LogP contribution in [0.2, 0.25) is 0 Å². The van der Waals surface area contributed by atoms with E-state index < -0.39 is 12.0 Å². The van der Waals surface area contributed by atoms with Crippen molar-refractivity contribution in [2.75, 3.05) is 0 Å². The minimum atomic E-state index is -0.612. The summed E-state index contributed by atoms with van der Waals surface area (Å²) in [7, 11) is 0. The summed E-state index contributed by atoms with van der Waals surface area (Å²) in [5.74, 6) is 0.136. The number of fused-ring (bicyclic) bond motifs is 1. The number of hydrogen-bond donors (Lipinski definition) is 1. The first-order valence-electron chi connectivity index (χ1n) is 5.13. The average Bonchev–Trinajstić information content (AvgIpc) is 2.29. The van der Waals surface area contributed by atoms with Gasteiger partial charge in [-0.2, -0.15) is 0 Å². The van der Waals surface area contributed by atoms with Crippen LogP contribution in [0.1, 0.15) is 6.92 Å². The maximum Gasteiger partial charge on any atom is 0.328 e. The average molecular weight is 252 g/mol. The molecule has 0 bridgehead atoms. The van der Waals surface area contributed by atoms with Gasteiger partial charge < -0.3 is 10.5 Å².